The number of imidazole rings is 1. The van der Waals surface area contributed by atoms with Crippen LogP contribution < -0.4 is 5.32 Å². The van der Waals surface area contributed by atoms with Crippen LogP contribution in [0.3, 0.4) is 0 Å². The Kier molecular flexibility index (Phi) is 9.78. The van der Waals surface area contributed by atoms with Gasteiger partial charge in [0.15, 0.2) is 5.82 Å². The van der Waals surface area contributed by atoms with Crippen molar-refractivity contribution < 1.29 is 23.5 Å². The summed E-state index contributed by atoms with van der Waals surface area (Å²) < 4.78 is 27.5. The minimum Gasteiger partial charge on any atom is -0.465 e. The van der Waals surface area contributed by atoms with Crippen molar-refractivity contribution in [3.05, 3.63) is 59.8 Å². The molecule has 0 unspecified atom stereocenters. The van der Waals surface area contributed by atoms with Crippen molar-refractivity contribution in [2.45, 2.75) is 32.9 Å². The highest BCUT2D eigenvalue weighted by Gasteiger charge is 2.26. The summed E-state index contributed by atoms with van der Waals surface area (Å²) in [5, 5.41) is 2.92. The van der Waals surface area contributed by atoms with Crippen LogP contribution in [0.25, 0.3) is 11.0 Å². The number of methoxy groups -OCH3 is 1. The van der Waals surface area contributed by atoms with Crippen LogP contribution in [0.4, 0.5) is 14.9 Å². The van der Waals surface area contributed by atoms with Crippen LogP contribution in [0.15, 0.2) is 48.4 Å². The summed E-state index contributed by atoms with van der Waals surface area (Å²) in [6, 6.07) is 1.50. The molecule has 1 N–H and O–H groups in total. The number of anilines is 1. The summed E-state index contributed by atoms with van der Waals surface area (Å²) in [6.45, 7) is 16.0. The molecule has 208 valence electrons. The Hall–Kier alpha value is -3.81. The average molecular weight is 558 g/mol. The van der Waals surface area contributed by atoms with Gasteiger partial charge in [0, 0.05) is 26.2 Å². The maximum atomic E-state index is 15.6. The zero-order valence-electron chi connectivity index (χ0n) is 22.6. The molecule has 0 radical (unpaired) electrons. The van der Waals surface area contributed by atoms with E-state index in [4.69, 9.17) is 21.1 Å². The molecule has 2 aromatic rings. The summed E-state index contributed by atoms with van der Waals surface area (Å²) >= 11 is 6.01. The third kappa shape index (κ3) is 7.62. The number of ether oxygens (including phenoxy) is 2. The van der Waals surface area contributed by atoms with Crippen LogP contribution in [-0.2, 0) is 16.0 Å². The van der Waals surface area contributed by atoms with Crippen LogP contribution >= 0.6 is 11.6 Å². The SMILES string of the molecule is C=C/C=C(/Nc1c(C(=O)OC)cc2c(ncn2CC#CCN2CCN(C(=O)OC(C)(C)C)CC2)c1F)C(=C)Cl. The van der Waals surface area contributed by atoms with E-state index in [2.05, 4.69) is 40.2 Å². The average Bonchev–Trinajstić information content (AvgIpc) is 3.29. The van der Waals surface area contributed by atoms with Crippen LogP contribution in [0.5, 0.6) is 0 Å². The molecule has 39 heavy (non-hydrogen) atoms. The predicted molar refractivity (Wildman–Crippen MR) is 150 cm³/mol. The van der Waals surface area contributed by atoms with E-state index in [1.165, 1.54) is 31.7 Å². The molecule has 3 rings (SSSR count). The molecule has 0 atom stereocenters. The zero-order chi connectivity index (χ0) is 28.7. The van der Waals surface area contributed by atoms with Gasteiger partial charge in [-0.2, -0.15) is 0 Å². The number of piperazine rings is 1. The summed E-state index contributed by atoms with van der Waals surface area (Å²) in [7, 11) is 1.21. The van der Waals surface area contributed by atoms with E-state index < -0.39 is 17.4 Å². The quantitative estimate of drug-likeness (QED) is 0.298. The van der Waals surface area contributed by atoms with E-state index in [0.29, 0.717) is 38.2 Å². The van der Waals surface area contributed by atoms with Gasteiger partial charge in [0.2, 0.25) is 0 Å². The van der Waals surface area contributed by atoms with E-state index in [1.54, 1.807) is 9.47 Å². The third-order valence-corrected chi connectivity index (χ3v) is 6.00. The topological polar surface area (TPSA) is 88.9 Å². The monoisotopic (exact) mass is 557 g/mol. The highest BCUT2D eigenvalue weighted by Crippen LogP contribution is 2.31. The predicted octanol–water partition coefficient (Wildman–Crippen LogP) is 4.75. The molecule has 0 bridgehead atoms. The lowest BCUT2D eigenvalue weighted by Crippen LogP contribution is -2.50. The Bertz CT molecular complexity index is 1360. The molecule has 9 nitrogen and oxygen atoms in total. The fourth-order valence-corrected chi connectivity index (χ4v) is 3.96. The molecule has 1 fully saturated rings. The van der Waals surface area contributed by atoms with Gasteiger partial charge in [0.05, 0.1) is 54.0 Å². The second-order valence-corrected chi connectivity index (χ2v) is 10.2. The standard InChI is InChI=1S/C28H33ClFN5O4/c1-7-10-21(19(2)29)32-24-20(26(36)38-6)17-22-25(23(24)30)31-18-35(22)12-9-8-11-33-13-15-34(16-14-33)27(37)39-28(3,4)5/h7,10,17-18,32H,1-2,11-16H2,3-6H3/b21-10+. The minimum absolute atomic E-state index is 0.0343. The first-order valence-corrected chi connectivity index (χ1v) is 12.7. The molecule has 1 aliphatic heterocycles. The lowest BCUT2D eigenvalue weighted by molar-refractivity contribution is 0.0155. The van der Waals surface area contributed by atoms with E-state index in [9.17, 15) is 9.59 Å². The van der Waals surface area contributed by atoms with Gasteiger partial charge in [-0.05, 0) is 32.9 Å². The van der Waals surface area contributed by atoms with Crippen molar-refractivity contribution in [1.82, 2.24) is 19.4 Å². The van der Waals surface area contributed by atoms with Gasteiger partial charge >= 0.3 is 12.1 Å². The van der Waals surface area contributed by atoms with Crippen molar-refractivity contribution in [3.63, 3.8) is 0 Å². The molecule has 1 aromatic carbocycles. The summed E-state index contributed by atoms with van der Waals surface area (Å²) in [5.74, 6) is 4.72. The number of amides is 1. The Balaban J connectivity index is 1.73. The molecule has 2 heterocycles. The van der Waals surface area contributed by atoms with Gasteiger partial charge in [0.1, 0.15) is 11.1 Å². The van der Waals surface area contributed by atoms with Crippen LogP contribution in [-0.4, -0.2) is 76.8 Å². The molecule has 11 heteroatoms. The Morgan fingerprint density at radius 3 is 2.49 bits per heavy atom. The maximum absolute atomic E-state index is 15.6. The molecule has 1 amide bonds. The zero-order valence-corrected chi connectivity index (χ0v) is 23.4. The number of hydrogen-bond acceptors (Lipinski definition) is 7. The smallest absolute Gasteiger partial charge is 0.410 e. The van der Waals surface area contributed by atoms with Gasteiger partial charge in [-0.25, -0.2) is 19.0 Å². The molecule has 0 aliphatic carbocycles. The molecule has 1 aliphatic rings. The number of nitrogens with zero attached hydrogens (tertiary/aromatic N) is 4. The molecular weight excluding hydrogens is 525 g/mol. The molecule has 1 aromatic heterocycles. The van der Waals surface area contributed by atoms with Crippen LogP contribution in [0.1, 0.15) is 31.1 Å². The minimum atomic E-state index is -0.740. The third-order valence-electron chi connectivity index (χ3n) is 5.80. The summed E-state index contributed by atoms with van der Waals surface area (Å²) in [5.41, 5.74) is 0.0213. The van der Waals surface area contributed by atoms with Crippen molar-refractivity contribution in [2.75, 3.05) is 45.2 Å². The van der Waals surface area contributed by atoms with E-state index in [-0.39, 0.29) is 40.1 Å². The highest BCUT2D eigenvalue weighted by atomic mass is 35.5. The van der Waals surface area contributed by atoms with E-state index >= 15 is 4.39 Å². The van der Waals surface area contributed by atoms with E-state index in [0.717, 1.165) is 0 Å². The number of esters is 1. The lowest BCUT2D eigenvalue weighted by atomic mass is 10.1. The van der Waals surface area contributed by atoms with Gasteiger partial charge in [-0.3, -0.25) is 4.90 Å². The molecule has 1 saturated heterocycles. The summed E-state index contributed by atoms with van der Waals surface area (Å²) in [4.78, 5) is 32.8. The number of nitrogens with one attached hydrogen (secondary N) is 1. The summed E-state index contributed by atoms with van der Waals surface area (Å²) in [6.07, 6.45) is 4.12. The second kappa shape index (κ2) is 12.8. The number of allylic oxidation sites excluding steroid dienone is 3. The Labute approximate surface area is 232 Å². The second-order valence-electron chi connectivity index (χ2n) is 9.79. The number of hydrogen-bond donors (Lipinski definition) is 1. The Morgan fingerprint density at radius 1 is 1.23 bits per heavy atom. The van der Waals surface area contributed by atoms with Gasteiger partial charge in [-0.1, -0.05) is 42.7 Å². The molecular formula is C28H33ClFN5O4. The number of halogens is 2. The Morgan fingerprint density at radius 2 is 1.90 bits per heavy atom. The van der Waals surface area contributed by atoms with Gasteiger partial charge < -0.3 is 24.3 Å². The van der Waals surface area contributed by atoms with Crippen molar-refractivity contribution in [3.8, 4) is 11.8 Å². The highest BCUT2D eigenvalue weighted by molar-refractivity contribution is 6.32. The number of rotatable bonds is 7. The number of carbonyl (C=O) groups excluding carboxylic acids is 2. The first-order chi connectivity index (χ1) is 18.4. The number of carbonyl (C=O) groups is 2. The maximum Gasteiger partial charge on any atom is 0.410 e. The van der Waals surface area contributed by atoms with Crippen LogP contribution in [0.2, 0.25) is 0 Å². The molecule has 0 saturated carbocycles. The largest absolute Gasteiger partial charge is 0.465 e. The first-order valence-electron chi connectivity index (χ1n) is 12.3. The number of aromatic nitrogens is 2. The van der Waals surface area contributed by atoms with Crippen molar-refractivity contribution in [1.29, 1.82) is 0 Å². The van der Waals surface area contributed by atoms with Crippen molar-refractivity contribution >= 4 is 40.4 Å². The fourth-order valence-electron chi connectivity index (χ4n) is 3.85. The molecule has 0 spiro atoms. The van der Waals surface area contributed by atoms with Crippen molar-refractivity contribution in [2.24, 2.45) is 0 Å². The van der Waals surface area contributed by atoms with Crippen LogP contribution in [0, 0.1) is 17.7 Å². The van der Waals surface area contributed by atoms with E-state index in [1.807, 2.05) is 20.8 Å². The normalized spacial score (nSPS) is 14.4. The van der Waals surface area contributed by atoms with Gasteiger partial charge in [-0.15, -0.1) is 0 Å². The number of fused-ring (bicyclic) bond motifs is 1. The number of benzene rings is 1. The first kappa shape index (κ1) is 29.7. The lowest BCUT2D eigenvalue weighted by Gasteiger charge is -2.34. The van der Waals surface area contributed by atoms with Gasteiger partial charge in [0.25, 0.3) is 0 Å². The fraction of sp³-hybridized carbons (Fsp3) is 0.393.